The lowest BCUT2D eigenvalue weighted by Gasteiger charge is -2.45. The number of aryl methyl sites for hydroxylation is 6. The van der Waals surface area contributed by atoms with Crippen LogP contribution in [0.5, 0.6) is 0 Å². The number of likely N-dealkylation sites (tertiary alicyclic amines) is 7. The summed E-state index contributed by atoms with van der Waals surface area (Å²) in [5.41, 5.74) is 6.84. The maximum absolute atomic E-state index is 14.2. The largest absolute Gasteiger partial charge is 0.416 e. The molecule has 4 unspecified atom stereocenters. The Balaban J connectivity index is 0.000000173. The number of aliphatic hydroxyl groups excluding tert-OH is 1. The number of alkyl halides is 9. The number of halogens is 9. The van der Waals surface area contributed by atoms with Crippen molar-refractivity contribution in [3.8, 4) is 0 Å². The van der Waals surface area contributed by atoms with Crippen molar-refractivity contribution in [1.82, 2.24) is 49.0 Å². The van der Waals surface area contributed by atoms with Crippen molar-refractivity contribution in [1.29, 1.82) is 0 Å². The summed E-state index contributed by atoms with van der Waals surface area (Å²) in [5.74, 6) is 0.440. The Labute approximate surface area is 680 Å². The summed E-state index contributed by atoms with van der Waals surface area (Å²) in [7, 11) is 6.66. The maximum atomic E-state index is 14.2. The van der Waals surface area contributed by atoms with Crippen LogP contribution in [0.25, 0.3) is 0 Å². The van der Waals surface area contributed by atoms with Gasteiger partial charge >= 0.3 is 36.6 Å². The standard InChI is InChI=1S/C33H41F3N4O3.C29H36F3N3O3.C28H34F3N3O2/c1-20-14-25(16-26(15-20)33(34,35)36)22(3)38(5)32(43)40-13-12-23-18-39(31(42)24-10-11-29(41)37(4)17-24)19-28(23)30(40)27-9-7-6-8-21(27)2;1-17-12-22(14-23(13-17)29(30,31)32)19(3)33(5)28(38)35-11-10-21-15-34(27(37)20(4)36)16-25(21)26(35)24-9-7-6-8-18(24)2;1-17-12-22(14-23(13-17)28(29,30)31)19(3)32(5)27(36)34-11-10-21-15-33(20(4)35)16-25(21)26(34)24-9-7-6-8-18(24)2/h6-9,14-16,22-24,28,30H,10-13,17-19H2,1-5H3;6-9,12-14,19-21,25-26,36H,10-11,15-16H2,1-5H3;6-9,12-14,19,21,25-26H,10-11,15-16H2,1-5H3/t22-,23-,24?,28?,30+;19-,20+,21-,25?,26+;19-,21-,25?,26+/m111/s1. The number of carbonyl (C=O) groups excluding carboxylic acids is 7. The minimum absolute atomic E-state index is 0.0176. The number of amides is 10. The number of nitrogens with zero attached hydrogens (tertiary/aromatic N) is 10. The molecule has 14 atom stereocenters. The lowest BCUT2D eigenvalue weighted by Crippen LogP contribution is -2.51. The molecule has 0 spiro atoms. The number of rotatable bonds is 11. The molecule has 632 valence electrons. The lowest BCUT2D eigenvalue weighted by molar-refractivity contribution is -0.142. The molecular weight excluding hydrogens is 1520 g/mol. The Bertz CT molecular complexity index is 4650. The van der Waals surface area contributed by atoms with Crippen molar-refractivity contribution in [2.75, 3.05) is 93.6 Å². The Morgan fingerprint density at radius 2 is 0.735 bits per heavy atom. The Kier molecular flexibility index (Phi) is 26.7. The molecule has 1 N–H and O–H groups in total. The van der Waals surface area contributed by atoms with Gasteiger partial charge in [-0.2, -0.15) is 39.5 Å². The highest BCUT2D eigenvalue weighted by molar-refractivity contribution is 5.84. The Morgan fingerprint density at radius 3 is 1.04 bits per heavy atom. The van der Waals surface area contributed by atoms with Gasteiger partial charge in [0.1, 0.15) is 6.10 Å². The van der Waals surface area contributed by atoms with Crippen LogP contribution in [0.2, 0.25) is 0 Å². The summed E-state index contributed by atoms with van der Waals surface area (Å²) >= 11 is 0. The predicted molar refractivity (Wildman–Crippen MR) is 427 cm³/mol. The quantitative estimate of drug-likeness (QED) is 0.125. The van der Waals surface area contributed by atoms with E-state index in [9.17, 15) is 78.2 Å². The molecule has 27 heteroatoms. The predicted octanol–water partition coefficient (Wildman–Crippen LogP) is 17.1. The molecule has 0 radical (unpaired) electrons. The van der Waals surface area contributed by atoms with E-state index in [0.29, 0.717) is 124 Å². The zero-order valence-electron chi connectivity index (χ0n) is 69.5. The number of aliphatic hydroxyl groups is 1. The SMILES string of the molecule is CC(=O)N1CC2[C@H](CCN(C(=O)N(C)[C@H](C)c3cc(C)cc(C(F)(F)F)c3)[C@H]2c2ccccc2C)C1.Cc1cc([C@@H](C)N(C)C(=O)N2CC[C@@H]3CN(C(=O)C4CCC(=O)N(C)C4)CC3[C@@H]2c2ccccc2C)cc(C(F)(F)F)c1.Cc1cc([C@@H](C)N(C)C(=O)N2CC[C@@H]3CN(C(=O)[C@H](C)O)CC3[C@@H]2c2ccccc2C)cc(C(F)(F)F)c1. The van der Waals surface area contributed by atoms with E-state index in [-0.39, 0.29) is 95.4 Å². The average Bonchev–Trinajstić information content (AvgIpc) is 1.68. The molecule has 7 fully saturated rings. The summed E-state index contributed by atoms with van der Waals surface area (Å²) in [6.45, 7) is 24.5. The van der Waals surface area contributed by atoms with Crippen LogP contribution < -0.4 is 0 Å². The van der Waals surface area contributed by atoms with Gasteiger partial charge in [-0.05, 0) is 199 Å². The number of piperidine rings is 4. The van der Waals surface area contributed by atoms with Crippen molar-refractivity contribution in [2.24, 2.45) is 41.4 Å². The molecule has 7 aliphatic heterocycles. The molecule has 7 heterocycles. The van der Waals surface area contributed by atoms with E-state index < -0.39 is 59.4 Å². The molecule has 7 aliphatic rings. The average molecular weight is 1630 g/mol. The molecule has 7 saturated heterocycles. The van der Waals surface area contributed by atoms with Gasteiger partial charge < -0.3 is 54.1 Å². The van der Waals surface area contributed by atoms with Crippen molar-refractivity contribution in [2.45, 2.75) is 169 Å². The number of hydrogen-bond donors (Lipinski definition) is 1. The number of benzene rings is 6. The van der Waals surface area contributed by atoms with Crippen LogP contribution in [-0.4, -0.2) is 196 Å². The first-order valence-electron chi connectivity index (χ1n) is 40.5. The summed E-state index contributed by atoms with van der Waals surface area (Å²) < 4.78 is 121. The molecule has 0 bridgehead atoms. The van der Waals surface area contributed by atoms with E-state index in [0.717, 1.165) is 82.6 Å². The van der Waals surface area contributed by atoms with Gasteiger partial charge in [-0.25, -0.2) is 14.4 Å². The topological polar surface area (TPSA) is 172 Å². The van der Waals surface area contributed by atoms with Crippen molar-refractivity contribution in [3.05, 3.63) is 211 Å². The van der Waals surface area contributed by atoms with Crippen LogP contribution in [0.3, 0.4) is 0 Å². The van der Waals surface area contributed by atoms with E-state index in [4.69, 9.17) is 0 Å². The van der Waals surface area contributed by atoms with Crippen molar-refractivity contribution < 1.29 is 78.2 Å². The van der Waals surface area contributed by atoms with Gasteiger partial charge in [-0.15, -0.1) is 0 Å². The van der Waals surface area contributed by atoms with Crippen LogP contribution in [0.15, 0.2) is 127 Å². The zero-order chi connectivity index (χ0) is 85.5. The lowest BCUT2D eigenvalue weighted by atomic mass is 9.78. The number of urea groups is 3. The molecule has 6 aromatic rings. The van der Waals surface area contributed by atoms with Gasteiger partial charge in [0.15, 0.2) is 0 Å². The van der Waals surface area contributed by atoms with Gasteiger partial charge in [-0.3, -0.25) is 19.2 Å². The number of hydrogen-bond acceptors (Lipinski definition) is 8. The van der Waals surface area contributed by atoms with E-state index in [1.807, 2.05) is 118 Å². The molecule has 0 aromatic heterocycles. The third-order valence-corrected chi connectivity index (χ3v) is 26.0. The van der Waals surface area contributed by atoms with E-state index in [1.165, 1.54) is 21.6 Å². The van der Waals surface area contributed by atoms with Crippen LogP contribution >= 0.6 is 0 Å². The third-order valence-electron chi connectivity index (χ3n) is 26.0. The Hall–Kier alpha value is -9.66. The zero-order valence-corrected chi connectivity index (χ0v) is 69.5. The second-order valence-electron chi connectivity index (χ2n) is 33.8. The molecular formula is C90H111F9N10O8. The first-order valence-corrected chi connectivity index (χ1v) is 40.5. The minimum atomic E-state index is -4.48. The van der Waals surface area contributed by atoms with Crippen LogP contribution in [0.1, 0.15) is 186 Å². The first kappa shape index (κ1) is 88.2. The van der Waals surface area contributed by atoms with E-state index in [2.05, 4.69) is 0 Å². The summed E-state index contributed by atoms with van der Waals surface area (Å²) in [5, 5.41) is 9.88. The fraction of sp³-hybridized carbons (Fsp3) is 0.522. The highest BCUT2D eigenvalue weighted by atomic mass is 19.4. The van der Waals surface area contributed by atoms with Gasteiger partial charge in [0.2, 0.25) is 17.7 Å². The van der Waals surface area contributed by atoms with Gasteiger partial charge in [-0.1, -0.05) is 108 Å². The molecule has 6 aromatic carbocycles. The van der Waals surface area contributed by atoms with Gasteiger partial charge in [0, 0.05) is 125 Å². The molecule has 10 amide bonds. The van der Waals surface area contributed by atoms with Crippen LogP contribution in [-0.2, 0) is 37.7 Å². The normalized spacial score (nSPS) is 23.7. The second-order valence-corrected chi connectivity index (χ2v) is 33.8. The summed E-state index contributed by atoms with van der Waals surface area (Å²) in [4.78, 5) is 110. The number of fused-ring (bicyclic) bond motifs is 3. The smallest absolute Gasteiger partial charge is 0.384 e. The van der Waals surface area contributed by atoms with Crippen molar-refractivity contribution >= 4 is 41.7 Å². The summed E-state index contributed by atoms with van der Waals surface area (Å²) in [6.07, 6.45) is -11.3. The third kappa shape index (κ3) is 19.2. The van der Waals surface area contributed by atoms with E-state index in [1.54, 1.807) is 105 Å². The molecule has 18 nitrogen and oxygen atoms in total. The summed E-state index contributed by atoms with van der Waals surface area (Å²) in [6, 6.07) is 32.4. The van der Waals surface area contributed by atoms with Gasteiger partial charge in [0.25, 0.3) is 5.91 Å². The molecule has 0 saturated carbocycles. The molecule has 117 heavy (non-hydrogen) atoms. The van der Waals surface area contributed by atoms with Crippen LogP contribution in [0.4, 0.5) is 53.9 Å². The van der Waals surface area contributed by atoms with Crippen LogP contribution in [0, 0.1) is 83.0 Å². The fourth-order valence-corrected chi connectivity index (χ4v) is 19.1. The first-order chi connectivity index (χ1) is 54.9. The highest BCUT2D eigenvalue weighted by Gasteiger charge is 2.53. The molecule has 13 rings (SSSR count). The van der Waals surface area contributed by atoms with Gasteiger partial charge in [0.05, 0.1) is 58.9 Å². The fourth-order valence-electron chi connectivity index (χ4n) is 19.1. The maximum Gasteiger partial charge on any atom is 0.416 e. The molecule has 0 aliphatic carbocycles. The Morgan fingerprint density at radius 1 is 0.427 bits per heavy atom. The monoisotopic (exact) mass is 1630 g/mol. The minimum Gasteiger partial charge on any atom is -0.384 e. The number of carbonyl (C=O) groups is 7. The van der Waals surface area contributed by atoms with E-state index >= 15 is 0 Å². The van der Waals surface area contributed by atoms with Crippen molar-refractivity contribution in [3.63, 3.8) is 0 Å². The highest BCUT2D eigenvalue weighted by Crippen LogP contribution is 2.50. The second kappa shape index (κ2) is 35.5.